The largest absolute Gasteiger partial charge is 0.376 e. The van der Waals surface area contributed by atoms with Crippen LogP contribution >= 0.6 is 0 Å². The SMILES string of the molecule is CCN(CC1CCCO1)C(=O)CC(N)C(C)C. The summed E-state index contributed by atoms with van der Waals surface area (Å²) in [5.41, 5.74) is 5.94. The van der Waals surface area contributed by atoms with Gasteiger partial charge >= 0.3 is 0 Å². The summed E-state index contributed by atoms with van der Waals surface area (Å²) in [6.07, 6.45) is 2.86. The van der Waals surface area contributed by atoms with Crippen LogP contribution in [-0.2, 0) is 9.53 Å². The number of likely N-dealkylation sites (N-methyl/N-ethyl adjacent to an activating group) is 1. The van der Waals surface area contributed by atoms with E-state index in [1.165, 1.54) is 0 Å². The molecule has 17 heavy (non-hydrogen) atoms. The molecule has 4 heteroatoms. The van der Waals surface area contributed by atoms with Crippen LogP contribution in [0.2, 0.25) is 0 Å². The molecule has 1 aliphatic heterocycles. The van der Waals surface area contributed by atoms with Gasteiger partial charge in [-0.25, -0.2) is 0 Å². The molecule has 1 amide bonds. The van der Waals surface area contributed by atoms with E-state index in [1.807, 2.05) is 25.7 Å². The van der Waals surface area contributed by atoms with Gasteiger partial charge in [-0.2, -0.15) is 0 Å². The van der Waals surface area contributed by atoms with E-state index in [0.29, 0.717) is 12.3 Å². The number of carbonyl (C=O) groups is 1. The van der Waals surface area contributed by atoms with E-state index in [1.54, 1.807) is 0 Å². The van der Waals surface area contributed by atoms with Gasteiger partial charge in [0.1, 0.15) is 0 Å². The average Bonchev–Trinajstić information content (AvgIpc) is 2.78. The number of nitrogens with zero attached hydrogens (tertiary/aromatic N) is 1. The van der Waals surface area contributed by atoms with Crippen LogP contribution in [-0.4, -0.2) is 42.6 Å². The fourth-order valence-electron chi connectivity index (χ4n) is 2.01. The van der Waals surface area contributed by atoms with Crippen LogP contribution in [0.4, 0.5) is 0 Å². The minimum Gasteiger partial charge on any atom is -0.376 e. The first-order chi connectivity index (χ1) is 8.04. The molecule has 1 saturated heterocycles. The third-order valence-corrected chi connectivity index (χ3v) is 3.45. The molecule has 0 radical (unpaired) electrons. The third-order valence-electron chi connectivity index (χ3n) is 3.45. The maximum Gasteiger partial charge on any atom is 0.224 e. The zero-order valence-corrected chi connectivity index (χ0v) is 11.3. The monoisotopic (exact) mass is 242 g/mol. The van der Waals surface area contributed by atoms with Crippen molar-refractivity contribution in [3.8, 4) is 0 Å². The van der Waals surface area contributed by atoms with Crippen LogP contribution in [0.3, 0.4) is 0 Å². The predicted octanol–water partition coefficient (Wildman–Crippen LogP) is 1.39. The van der Waals surface area contributed by atoms with Crippen LogP contribution in [0, 0.1) is 5.92 Å². The molecule has 1 aliphatic rings. The molecule has 1 fully saturated rings. The lowest BCUT2D eigenvalue weighted by molar-refractivity contribution is -0.133. The van der Waals surface area contributed by atoms with Crippen molar-refractivity contribution in [3.05, 3.63) is 0 Å². The Morgan fingerprint density at radius 1 is 1.53 bits per heavy atom. The van der Waals surface area contributed by atoms with Crippen LogP contribution < -0.4 is 5.73 Å². The Balaban J connectivity index is 2.40. The number of hydrogen-bond donors (Lipinski definition) is 1. The summed E-state index contributed by atoms with van der Waals surface area (Å²) in [6, 6.07) is -0.0407. The maximum absolute atomic E-state index is 12.1. The van der Waals surface area contributed by atoms with E-state index in [2.05, 4.69) is 0 Å². The molecular weight excluding hydrogens is 216 g/mol. The molecule has 1 heterocycles. The minimum atomic E-state index is -0.0407. The lowest BCUT2D eigenvalue weighted by Gasteiger charge is -2.26. The van der Waals surface area contributed by atoms with E-state index in [-0.39, 0.29) is 18.1 Å². The van der Waals surface area contributed by atoms with Crippen molar-refractivity contribution < 1.29 is 9.53 Å². The smallest absolute Gasteiger partial charge is 0.224 e. The Hall–Kier alpha value is -0.610. The van der Waals surface area contributed by atoms with Crippen molar-refractivity contribution in [1.82, 2.24) is 4.90 Å². The molecule has 4 nitrogen and oxygen atoms in total. The van der Waals surface area contributed by atoms with Crippen LogP contribution in [0.25, 0.3) is 0 Å². The quantitative estimate of drug-likeness (QED) is 0.765. The van der Waals surface area contributed by atoms with Crippen molar-refractivity contribution in [2.45, 2.75) is 52.2 Å². The van der Waals surface area contributed by atoms with E-state index in [9.17, 15) is 4.79 Å². The van der Waals surface area contributed by atoms with Gasteiger partial charge in [-0.15, -0.1) is 0 Å². The summed E-state index contributed by atoms with van der Waals surface area (Å²) in [6.45, 7) is 8.40. The molecule has 0 spiro atoms. The van der Waals surface area contributed by atoms with E-state index >= 15 is 0 Å². The van der Waals surface area contributed by atoms with E-state index < -0.39 is 0 Å². The molecular formula is C13H26N2O2. The third kappa shape index (κ3) is 4.64. The summed E-state index contributed by atoms with van der Waals surface area (Å²) in [5.74, 6) is 0.504. The molecule has 2 unspecified atom stereocenters. The number of amides is 1. The fraction of sp³-hybridized carbons (Fsp3) is 0.923. The van der Waals surface area contributed by atoms with Crippen molar-refractivity contribution in [1.29, 1.82) is 0 Å². The Morgan fingerprint density at radius 3 is 2.71 bits per heavy atom. The van der Waals surface area contributed by atoms with Gasteiger partial charge in [0.2, 0.25) is 5.91 Å². The molecule has 0 aromatic heterocycles. The summed E-state index contributed by atoms with van der Waals surface area (Å²) in [7, 11) is 0. The zero-order chi connectivity index (χ0) is 12.8. The lowest BCUT2D eigenvalue weighted by Crippen LogP contribution is -2.41. The number of carbonyl (C=O) groups excluding carboxylic acids is 1. The normalized spacial score (nSPS) is 21.8. The molecule has 1 rings (SSSR count). The van der Waals surface area contributed by atoms with Gasteiger partial charge in [0.25, 0.3) is 0 Å². The Labute approximate surface area is 104 Å². The standard InChI is InChI=1S/C13H26N2O2/c1-4-15(9-11-6-5-7-17-11)13(16)8-12(14)10(2)3/h10-12H,4-9,14H2,1-3H3. The molecule has 2 N–H and O–H groups in total. The second-order valence-electron chi connectivity index (χ2n) is 5.18. The van der Waals surface area contributed by atoms with Crippen molar-refractivity contribution in [2.75, 3.05) is 19.7 Å². The number of nitrogens with two attached hydrogens (primary N) is 1. The Bertz CT molecular complexity index is 238. The first-order valence-electron chi connectivity index (χ1n) is 6.69. The number of hydrogen-bond acceptors (Lipinski definition) is 3. The summed E-state index contributed by atoms with van der Waals surface area (Å²) in [5, 5.41) is 0. The molecule has 0 aromatic rings. The fourth-order valence-corrected chi connectivity index (χ4v) is 2.01. The van der Waals surface area contributed by atoms with Crippen molar-refractivity contribution in [3.63, 3.8) is 0 Å². The van der Waals surface area contributed by atoms with Gasteiger partial charge in [0.15, 0.2) is 0 Å². The highest BCUT2D eigenvalue weighted by Gasteiger charge is 2.23. The summed E-state index contributed by atoms with van der Waals surface area (Å²) >= 11 is 0. The summed E-state index contributed by atoms with van der Waals surface area (Å²) < 4.78 is 5.56. The molecule has 0 bridgehead atoms. The van der Waals surface area contributed by atoms with Crippen molar-refractivity contribution in [2.24, 2.45) is 11.7 Å². The zero-order valence-electron chi connectivity index (χ0n) is 11.3. The van der Waals surface area contributed by atoms with Gasteiger partial charge in [-0.05, 0) is 25.7 Å². The molecule has 0 aliphatic carbocycles. The highest BCUT2D eigenvalue weighted by molar-refractivity contribution is 5.76. The molecule has 100 valence electrons. The summed E-state index contributed by atoms with van der Waals surface area (Å²) in [4.78, 5) is 13.9. The highest BCUT2D eigenvalue weighted by Crippen LogP contribution is 2.14. The Kier molecular flexibility index (Phi) is 5.92. The number of rotatable bonds is 6. The van der Waals surface area contributed by atoms with Gasteiger partial charge in [0.05, 0.1) is 6.10 Å². The molecule has 0 saturated carbocycles. The first-order valence-corrected chi connectivity index (χ1v) is 6.69. The minimum absolute atomic E-state index is 0.0407. The van der Waals surface area contributed by atoms with E-state index in [4.69, 9.17) is 10.5 Å². The van der Waals surface area contributed by atoms with Crippen molar-refractivity contribution >= 4 is 5.91 Å². The topological polar surface area (TPSA) is 55.6 Å². The van der Waals surface area contributed by atoms with Crippen LogP contribution in [0.15, 0.2) is 0 Å². The highest BCUT2D eigenvalue weighted by atomic mass is 16.5. The second kappa shape index (κ2) is 6.97. The molecule has 2 atom stereocenters. The van der Waals surface area contributed by atoms with Gasteiger partial charge in [0, 0.05) is 32.2 Å². The maximum atomic E-state index is 12.1. The molecule has 0 aromatic carbocycles. The van der Waals surface area contributed by atoms with Gasteiger partial charge in [-0.1, -0.05) is 13.8 Å². The van der Waals surface area contributed by atoms with Crippen LogP contribution in [0.5, 0.6) is 0 Å². The van der Waals surface area contributed by atoms with E-state index in [0.717, 1.165) is 32.5 Å². The predicted molar refractivity (Wildman–Crippen MR) is 68.7 cm³/mol. The van der Waals surface area contributed by atoms with Gasteiger partial charge < -0.3 is 15.4 Å². The van der Waals surface area contributed by atoms with Crippen LogP contribution in [0.1, 0.15) is 40.0 Å². The average molecular weight is 242 g/mol. The van der Waals surface area contributed by atoms with Gasteiger partial charge in [-0.3, -0.25) is 4.79 Å². The number of ether oxygens (including phenoxy) is 1. The first kappa shape index (κ1) is 14.5. The lowest BCUT2D eigenvalue weighted by atomic mass is 10.0. The second-order valence-corrected chi connectivity index (χ2v) is 5.18. The Morgan fingerprint density at radius 2 is 2.24 bits per heavy atom.